The van der Waals surface area contributed by atoms with Gasteiger partial charge in [-0.1, -0.05) is 23.7 Å². The van der Waals surface area contributed by atoms with Crippen LogP contribution in [0.4, 0.5) is 0 Å². The normalized spacial score (nSPS) is 9.39. The van der Waals surface area contributed by atoms with Crippen molar-refractivity contribution in [2.75, 3.05) is 21.3 Å². The highest BCUT2D eigenvalue weighted by atomic mass is 16.5. The lowest BCUT2D eigenvalue weighted by molar-refractivity contribution is 0.394. The monoisotopic (exact) mass is 368 g/mol. The number of hydrogen-bond acceptors (Lipinski definition) is 3. The Morgan fingerprint density at radius 3 is 1.18 bits per heavy atom. The third-order valence-electron chi connectivity index (χ3n) is 4.03. The van der Waals surface area contributed by atoms with Gasteiger partial charge in [0.1, 0.15) is 17.2 Å². The first-order chi connectivity index (χ1) is 13.7. The van der Waals surface area contributed by atoms with Crippen LogP contribution in [0.2, 0.25) is 0 Å². The second kappa shape index (κ2) is 9.21. The first-order valence-corrected chi connectivity index (χ1v) is 8.71. The van der Waals surface area contributed by atoms with Crippen molar-refractivity contribution in [3.05, 3.63) is 89.0 Å². The Kier molecular flexibility index (Phi) is 6.24. The molecule has 3 rings (SSSR count). The Bertz CT molecular complexity index is 1040. The van der Waals surface area contributed by atoms with Crippen molar-refractivity contribution in [1.82, 2.24) is 0 Å². The molecule has 0 fully saturated rings. The smallest absolute Gasteiger partial charge is 0.123 e. The molecule has 28 heavy (non-hydrogen) atoms. The Morgan fingerprint density at radius 1 is 0.429 bits per heavy atom. The number of methoxy groups -OCH3 is 3. The number of benzene rings is 3. The van der Waals surface area contributed by atoms with Crippen LogP contribution in [0, 0.1) is 23.7 Å². The maximum atomic E-state index is 5.27. The molecule has 0 N–H and O–H groups in total. The summed E-state index contributed by atoms with van der Waals surface area (Å²) in [5.41, 5.74) is 3.62. The van der Waals surface area contributed by atoms with Crippen molar-refractivity contribution in [3.63, 3.8) is 0 Å². The first-order valence-electron chi connectivity index (χ1n) is 8.71. The van der Waals surface area contributed by atoms with E-state index in [0.717, 1.165) is 28.0 Å². The number of rotatable bonds is 3. The average Bonchev–Trinajstić information content (AvgIpc) is 2.77. The van der Waals surface area contributed by atoms with E-state index in [1.807, 2.05) is 66.7 Å². The summed E-state index contributed by atoms with van der Waals surface area (Å²) in [4.78, 5) is 0. The standard InChI is InChI=1S/C25H20O3/c1-26-23-14-12-21(13-15-23)9-8-19-4-6-20(7-5-19)10-11-22-16-24(27-2)18-25(17-22)28-3/h4-7,12-18H,1-3H3. The Hall–Kier alpha value is -3.82. The van der Waals surface area contributed by atoms with E-state index >= 15 is 0 Å². The van der Waals surface area contributed by atoms with Crippen LogP contribution in [0.5, 0.6) is 17.2 Å². The van der Waals surface area contributed by atoms with Crippen molar-refractivity contribution in [2.45, 2.75) is 0 Å². The Balaban J connectivity index is 1.74. The van der Waals surface area contributed by atoms with E-state index in [9.17, 15) is 0 Å². The van der Waals surface area contributed by atoms with Gasteiger partial charge >= 0.3 is 0 Å². The lowest BCUT2D eigenvalue weighted by Gasteiger charge is -2.04. The van der Waals surface area contributed by atoms with Crippen LogP contribution in [0.1, 0.15) is 22.3 Å². The Morgan fingerprint density at radius 2 is 0.786 bits per heavy atom. The lowest BCUT2D eigenvalue weighted by Crippen LogP contribution is -1.88. The second-order valence-corrected chi connectivity index (χ2v) is 5.91. The molecule has 3 nitrogen and oxygen atoms in total. The van der Waals surface area contributed by atoms with Crippen LogP contribution < -0.4 is 14.2 Å². The molecular formula is C25H20O3. The van der Waals surface area contributed by atoms with Crippen LogP contribution in [-0.2, 0) is 0 Å². The zero-order valence-corrected chi connectivity index (χ0v) is 16.1. The third kappa shape index (κ3) is 5.10. The average molecular weight is 368 g/mol. The molecule has 138 valence electrons. The highest BCUT2D eigenvalue weighted by molar-refractivity contribution is 5.51. The fourth-order valence-electron chi connectivity index (χ4n) is 2.48. The van der Waals surface area contributed by atoms with Gasteiger partial charge in [0.2, 0.25) is 0 Å². The highest BCUT2D eigenvalue weighted by Gasteiger charge is 1.99. The van der Waals surface area contributed by atoms with E-state index in [4.69, 9.17) is 14.2 Å². The molecule has 0 atom stereocenters. The summed E-state index contributed by atoms with van der Waals surface area (Å²) in [5, 5.41) is 0. The first kappa shape index (κ1) is 19.0. The van der Waals surface area contributed by atoms with E-state index in [0.29, 0.717) is 11.5 Å². The minimum Gasteiger partial charge on any atom is -0.497 e. The summed E-state index contributed by atoms with van der Waals surface area (Å²) in [7, 11) is 4.89. The SMILES string of the molecule is COc1ccc(C#Cc2ccc(C#Cc3cc(OC)cc(OC)c3)cc2)cc1. The quantitative estimate of drug-likeness (QED) is 0.637. The predicted octanol–water partition coefficient (Wildman–Crippen LogP) is 4.51. The molecule has 0 bridgehead atoms. The van der Waals surface area contributed by atoms with Gasteiger partial charge in [0, 0.05) is 28.3 Å². The van der Waals surface area contributed by atoms with Crippen molar-refractivity contribution < 1.29 is 14.2 Å². The molecule has 0 spiro atoms. The molecule has 0 saturated carbocycles. The van der Waals surface area contributed by atoms with Gasteiger partial charge in [0.15, 0.2) is 0 Å². The predicted molar refractivity (Wildman–Crippen MR) is 111 cm³/mol. The molecule has 0 aliphatic heterocycles. The summed E-state index contributed by atoms with van der Waals surface area (Å²) in [5.74, 6) is 14.9. The maximum absolute atomic E-state index is 5.27. The van der Waals surface area contributed by atoms with Gasteiger partial charge in [-0.25, -0.2) is 0 Å². The minimum absolute atomic E-state index is 0.716. The van der Waals surface area contributed by atoms with E-state index in [1.54, 1.807) is 21.3 Å². The fraction of sp³-hybridized carbons (Fsp3) is 0.120. The van der Waals surface area contributed by atoms with Crippen LogP contribution in [0.25, 0.3) is 0 Å². The lowest BCUT2D eigenvalue weighted by atomic mass is 10.1. The molecule has 0 aliphatic carbocycles. The summed E-state index contributed by atoms with van der Waals surface area (Å²) < 4.78 is 15.7. The van der Waals surface area contributed by atoms with Crippen molar-refractivity contribution in [1.29, 1.82) is 0 Å². The summed E-state index contributed by atoms with van der Waals surface area (Å²) in [6.45, 7) is 0. The van der Waals surface area contributed by atoms with Gasteiger partial charge in [-0.3, -0.25) is 0 Å². The molecule has 0 aromatic heterocycles. The third-order valence-corrected chi connectivity index (χ3v) is 4.03. The molecule has 0 unspecified atom stereocenters. The van der Waals surface area contributed by atoms with Crippen LogP contribution in [-0.4, -0.2) is 21.3 Å². The topological polar surface area (TPSA) is 27.7 Å². The molecule has 3 heteroatoms. The number of ether oxygens (including phenoxy) is 3. The largest absolute Gasteiger partial charge is 0.497 e. The molecule has 0 radical (unpaired) electrons. The van der Waals surface area contributed by atoms with E-state index in [1.165, 1.54) is 0 Å². The Labute approximate surface area is 165 Å². The summed E-state index contributed by atoms with van der Waals surface area (Å²) >= 11 is 0. The van der Waals surface area contributed by atoms with E-state index in [-0.39, 0.29) is 0 Å². The second-order valence-electron chi connectivity index (χ2n) is 5.91. The summed E-state index contributed by atoms with van der Waals surface area (Å²) in [6, 6.07) is 21.1. The minimum atomic E-state index is 0.716. The van der Waals surface area contributed by atoms with Crippen LogP contribution >= 0.6 is 0 Å². The highest BCUT2D eigenvalue weighted by Crippen LogP contribution is 2.21. The van der Waals surface area contributed by atoms with Gasteiger partial charge in [-0.15, -0.1) is 0 Å². The van der Waals surface area contributed by atoms with Gasteiger partial charge in [0.25, 0.3) is 0 Å². The molecule has 3 aromatic carbocycles. The van der Waals surface area contributed by atoms with Crippen LogP contribution in [0.3, 0.4) is 0 Å². The van der Waals surface area contributed by atoms with Crippen molar-refractivity contribution in [2.24, 2.45) is 0 Å². The molecule has 0 amide bonds. The van der Waals surface area contributed by atoms with Crippen LogP contribution in [0.15, 0.2) is 66.7 Å². The van der Waals surface area contributed by atoms with Crippen molar-refractivity contribution >= 4 is 0 Å². The maximum Gasteiger partial charge on any atom is 0.123 e. The van der Waals surface area contributed by atoms with E-state index in [2.05, 4.69) is 23.7 Å². The zero-order valence-electron chi connectivity index (χ0n) is 16.1. The fourth-order valence-corrected chi connectivity index (χ4v) is 2.48. The van der Waals surface area contributed by atoms with E-state index < -0.39 is 0 Å². The van der Waals surface area contributed by atoms with Gasteiger partial charge < -0.3 is 14.2 Å². The van der Waals surface area contributed by atoms with Crippen molar-refractivity contribution in [3.8, 4) is 40.9 Å². The molecule has 0 saturated heterocycles. The number of hydrogen-bond donors (Lipinski definition) is 0. The molecule has 0 heterocycles. The molecule has 3 aromatic rings. The summed E-state index contributed by atoms with van der Waals surface area (Å²) in [6.07, 6.45) is 0. The molecular weight excluding hydrogens is 348 g/mol. The van der Waals surface area contributed by atoms with Gasteiger partial charge in [-0.05, 0) is 60.7 Å². The molecule has 0 aliphatic rings. The zero-order chi connectivity index (χ0) is 19.8. The van der Waals surface area contributed by atoms with Gasteiger partial charge in [0.05, 0.1) is 21.3 Å². The van der Waals surface area contributed by atoms with Gasteiger partial charge in [-0.2, -0.15) is 0 Å².